The molecule has 236 valence electrons. The van der Waals surface area contributed by atoms with Crippen molar-refractivity contribution in [3.8, 4) is 0 Å². The number of aliphatic hydroxyl groups excluding tert-OH is 1. The van der Waals surface area contributed by atoms with Gasteiger partial charge in [0, 0.05) is 0 Å². The number of likely N-dealkylation sites (N-methyl/N-ethyl adjacent to an activating group) is 1. The van der Waals surface area contributed by atoms with Gasteiger partial charge in [-0.15, -0.1) is 0 Å². The van der Waals surface area contributed by atoms with Gasteiger partial charge in [-0.1, -0.05) is 148 Å². The summed E-state index contributed by atoms with van der Waals surface area (Å²) in [5, 5.41) is 10.1. The molecule has 0 saturated heterocycles. The minimum absolute atomic E-state index is 0.355. The zero-order valence-corrected chi connectivity index (χ0v) is 27.4. The second-order valence-corrected chi connectivity index (χ2v) is 13.8. The molecule has 0 aliphatic heterocycles. The minimum atomic E-state index is -4.38. The topological polar surface area (TPSA) is 77.4 Å². The van der Waals surface area contributed by atoms with Gasteiger partial charge in [0.25, 0.3) is 0 Å². The van der Waals surface area contributed by atoms with Crippen molar-refractivity contribution in [2.75, 3.05) is 31.9 Å². The van der Waals surface area contributed by atoms with E-state index in [0.29, 0.717) is 11.0 Å². The van der Waals surface area contributed by atoms with Crippen molar-refractivity contribution in [2.45, 2.75) is 181 Å². The fourth-order valence-corrected chi connectivity index (χ4v) is 6.61. The van der Waals surface area contributed by atoms with E-state index in [0.717, 1.165) is 26.1 Å². The zero-order valence-electron chi connectivity index (χ0n) is 26.6. The summed E-state index contributed by atoms with van der Waals surface area (Å²) in [6.07, 6.45) is 32.2. The van der Waals surface area contributed by atoms with Gasteiger partial charge >= 0.3 is 0 Å². The van der Waals surface area contributed by atoms with E-state index in [1.165, 1.54) is 148 Å². The van der Waals surface area contributed by atoms with Gasteiger partial charge in [0.05, 0.1) is 35.5 Å². The molecule has 0 spiro atoms. The Hall–Kier alpha value is -0.170. The molecule has 0 aliphatic rings. The molecular formula is C33H69NO4S. The largest absolute Gasteiger partial charge is 0.748 e. The fraction of sp³-hybridized carbons (Fsp3) is 1.00. The Labute approximate surface area is 245 Å². The van der Waals surface area contributed by atoms with Crippen molar-refractivity contribution in [2.24, 2.45) is 0 Å². The molecular weight excluding hydrogens is 506 g/mol. The van der Waals surface area contributed by atoms with Crippen LogP contribution in [0, 0.1) is 0 Å². The second-order valence-electron chi connectivity index (χ2n) is 12.4. The van der Waals surface area contributed by atoms with Crippen LogP contribution in [0.4, 0.5) is 0 Å². The van der Waals surface area contributed by atoms with E-state index in [2.05, 4.69) is 20.8 Å². The average Bonchev–Trinajstić information content (AvgIpc) is 2.89. The van der Waals surface area contributed by atoms with Gasteiger partial charge in [0.2, 0.25) is 0 Å². The number of aliphatic hydroxyl groups is 1. The van der Waals surface area contributed by atoms with Crippen LogP contribution >= 0.6 is 0 Å². The van der Waals surface area contributed by atoms with E-state index in [4.69, 9.17) is 0 Å². The number of hydrogen-bond acceptors (Lipinski definition) is 4. The third kappa shape index (κ3) is 26.5. The lowest BCUT2D eigenvalue weighted by atomic mass is 10.0. The third-order valence-electron chi connectivity index (χ3n) is 8.82. The van der Waals surface area contributed by atoms with E-state index in [1.807, 2.05) is 0 Å². The first-order valence-corrected chi connectivity index (χ1v) is 18.8. The highest BCUT2D eigenvalue weighted by molar-refractivity contribution is 7.85. The zero-order chi connectivity index (χ0) is 29.1. The first kappa shape index (κ1) is 38.8. The number of hydrogen-bond donors (Lipinski definition) is 1. The summed E-state index contributed by atoms with van der Waals surface area (Å²) in [5.41, 5.74) is 0. The van der Waals surface area contributed by atoms with Gasteiger partial charge in [-0.2, -0.15) is 0 Å². The predicted octanol–water partition coefficient (Wildman–Crippen LogP) is 9.13. The maximum absolute atomic E-state index is 11.0. The van der Waals surface area contributed by atoms with Gasteiger partial charge in [-0.05, 0) is 26.7 Å². The lowest BCUT2D eigenvalue weighted by Crippen LogP contribution is -2.53. The fourth-order valence-electron chi connectivity index (χ4n) is 6.03. The monoisotopic (exact) mass is 575 g/mol. The van der Waals surface area contributed by atoms with E-state index < -0.39 is 22.0 Å². The summed E-state index contributed by atoms with van der Waals surface area (Å²) in [6.45, 7) is 9.47. The summed E-state index contributed by atoms with van der Waals surface area (Å²) in [7, 11) is -4.38. The van der Waals surface area contributed by atoms with Crippen LogP contribution in [0.1, 0.15) is 175 Å². The molecule has 0 amide bonds. The van der Waals surface area contributed by atoms with Gasteiger partial charge in [0.1, 0.15) is 12.6 Å². The minimum Gasteiger partial charge on any atom is -0.748 e. The molecule has 0 aromatic rings. The molecule has 0 aromatic carbocycles. The molecule has 0 heterocycles. The van der Waals surface area contributed by atoms with Crippen LogP contribution < -0.4 is 0 Å². The molecule has 5 nitrogen and oxygen atoms in total. The molecule has 1 unspecified atom stereocenters. The smallest absolute Gasteiger partial charge is 0.116 e. The Morgan fingerprint density at radius 1 is 0.538 bits per heavy atom. The van der Waals surface area contributed by atoms with Crippen molar-refractivity contribution < 1.29 is 22.6 Å². The van der Waals surface area contributed by atoms with Crippen molar-refractivity contribution in [1.29, 1.82) is 0 Å². The Morgan fingerprint density at radius 2 is 0.821 bits per heavy atom. The van der Waals surface area contributed by atoms with Gasteiger partial charge in [-0.25, -0.2) is 8.42 Å². The summed E-state index contributed by atoms with van der Waals surface area (Å²) < 4.78 is 33.6. The lowest BCUT2D eigenvalue weighted by Gasteiger charge is -2.38. The van der Waals surface area contributed by atoms with E-state index in [9.17, 15) is 18.1 Å². The molecule has 6 heteroatoms. The Kier molecular flexibility index (Phi) is 26.6. The van der Waals surface area contributed by atoms with E-state index in [1.54, 1.807) is 0 Å². The van der Waals surface area contributed by atoms with Crippen molar-refractivity contribution in [1.82, 2.24) is 0 Å². The van der Waals surface area contributed by atoms with Gasteiger partial charge in [-0.3, -0.25) is 0 Å². The second kappa shape index (κ2) is 26.7. The molecule has 39 heavy (non-hydrogen) atoms. The Bertz CT molecular complexity index is 607. The Balaban J connectivity index is 3.45. The molecule has 0 fully saturated rings. The van der Waals surface area contributed by atoms with Crippen molar-refractivity contribution in [3.63, 3.8) is 0 Å². The lowest BCUT2D eigenvalue weighted by molar-refractivity contribution is -0.927. The van der Waals surface area contributed by atoms with Crippen molar-refractivity contribution in [3.05, 3.63) is 0 Å². The molecule has 0 aromatic heterocycles. The summed E-state index contributed by atoms with van der Waals surface area (Å²) >= 11 is 0. The summed E-state index contributed by atoms with van der Waals surface area (Å²) in [6, 6.07) is 0. The van der Waals surface area contributed by atoms with Crippen LogP contribution in [0.3, 0.4) is 0 Å². The van der Waals surface area contributed by atoms with Crippen LogP contribution in [-0.4, -0.2) is 60.6 Å². The molecule has 0 aliphatic carbocycles. The maximum Gasteiger partial charge on any atom is 0.116 e. The SMILES string of the molecule is CCCCCCCCCCCCCCCCCCCCCCCCCC[N+](CC)(CC)CC(O)CS(=O)(=O)[O-]. The quantitative estimate of drug-likeness (QED) is 0.0508. The number of quaternary nitrogens is 1. The molecule has 1 atom stereocenters. The maximum atomic E-state index is 11.0. The van der Waals surface area contributed by atoms with Gasteiger partial charge in [0.15, 0.2) is 0 Å². The van der Waals surface area contributed by atoms with Crippen LogP contribution in [-0.2, 0) is 10.1 Å². The average molecular weight is 576 g/mol. The molecule has 0 rings (SSSR count). The summed E-state index contributed by atoms with van der Waals surface area (Å²) in [5.74, 6) is -0.674. The number of rotatable bonds is 31. The molecule has 0 bridgehead atoms. The molecule has 0 radical (unpaired) electrons. The van der Waals surface area contributed by atoms with E-state index >= 15 is 0 Å². The van der Waals surface area contributed by atoms with Crippen LogP contribution in [0.5, 0.6) is 0 Å². The van der Waals surface area contributed by atoms with Gasteiger partial charge < -0.3 is 14.1 Å². The summed E-state index contributed by atoms with van der Waals surface area (Å²) in [4.78, 5) is 0. The highest BCUT2D eigenvalue weighted by Crippen LogP contribution is 2.17. The molecule has 0 saturated carbocycles. The highest BCUT2D eigenvalue weighted by atomic mass is 32.2. The normalized spacial score (nSPS) is 13.3. The first-order valence-electron chi connectivity index (χ1n) is 17.2. The van der Waals surface area contributed by atoms with Crippen molar-refractivity contribution >= 4 is 10.1 Å². The highest BCUT2D eigenvalue weighted by Gasteiger charge is 2.27. The first-order chi connectivity index (χ1) is 18.8. The van der Waals surface area contributed by atoms with Crippen LogP contribution in [0.2, 0.25) is 0 Å². The predicted molar refractivity (Wildman–Crippen MR) is 168 cm³/mol. The van der Waals surface area contributed by atoms with E-state index in [-0.39, 0.29) is 0 Å². The number of unbranched alkanes of at least 4 members (excludes halogenated alkanes) is 23. The van der Waals surface area contributed by atoms with Crippen LogP contribution in [0.15, 0.2) is 0 Å². The number of nitrogens with zero attached hydrogens (tertiary/aromatic N) is 1. The molecule has 1 N–H and O–H groups in total. The standard InChI is InChI=1S/C33H69NO4S/c1-4-7-8-9-10-11-12-13-14-15-16-17-18-19-20-21-22-23-24-25-26-27-28-29-30-34(5-2,6-3)31-33(35)32-39(36,37)38/h33,35H,4-32H2,1-3H3. The van der Waals surface area contributed by atoms with Crippen LogP contribution in [0.25, 0.3) is 0 Å². The Morgan fingerprint density at radius 3 is 1.08 bits per heavy atom. The third-order valence-corrected chi connectivity index (χ3v) is 9.62.